The molecular formula is C11H14N3+. The number of rotatable bonds is 1. The first-order chi connectivity index (χ1) is 6.66. The van der Waals surface area contributed by atoms with Crippen LogP contribution in [-0.4, -0.2) is 11.9 Å². The van der Waals surface area contributed by atoms with Crippen molar-refractivity contribution in [2.24, 2.45) is 10.9 Å². The molecule has 3 N–H and O–H groups in total. The van der Waals surface area contributed by atoms with Crippen molar-refractivity contribution in [1.82, 2.24) is 0 Å². The van der Waals surface area contributed by atoms with E-state index in [1.807, 2.05) is 12.1 Å². The van der Waals surface area contributed by atoms with Crippen LogP contribution in [0.5, 0.6) is 0 Å². The summed E-state index contributed by atoms with van der Waals surface area (Å²) in [6, 6.07) is 8.25. The van der Waals surface area contributed by atoms with E-state index < -0.39 is 0 Å². The molecule has 0 saturated heterocycles. The van der Waals surface area contributed by atoms with E-state index in [2.05, 4.69) is 36.1 Å². The van der Waals surface area contributed by atoms with Gasteiger partial charge in [-0.15, -0.1) is 0 Å². The van der Waals surface area contributed by atoms with E-state index in [4.69, 9.17) is 5.84 Å². The third-order valence-corrected chi connectivity index (χ3v) is 2.75. The van der Waals surface area contributed by atoms with Crippen molar-refractivity contribution >= 4 is 17.6 Å². The fraction of sp³-hybridized carbons (Fsp3) is 0.273. The van der Waals surface area contributed by atoms with E-state index in [0.29, 0.717) is 0 Å². The van der Waals surface area contributed by atoms with Crippen LogP contribution in [0.3, 0.4) is 0 Å². The van der Waals surface area contributed by atoms with Crippen LogP contribution in [0.1, 0.15) is 19.4 Å². The van der Waals surface area contributed by atoms with Gasteiger partial charge in [-0.1, -0.05) is 18.2 Å². The fourth-order valence-electron chi connectivity index (χ4n) is 1.85. The minimum atomic E-state index is -0.0283. The first kappa shape index (κ1) is 8.94. The molecule has 0 radical (unpaired) electrons. The van der Waals surface area contributed by atoms with Crippen LogP contribution >= 0.6 is 0 Å². The van der Waals surface area contributed by atoms with Crippen LogP contribution in [0, 0.1) is 0 Å². The number of nitrogens with one attached hydrogen (secondary N) is 1. The van der Waals surface area contributed by atoms with Crippen molar-refractivity contribution in [2.45, 2.75) is 19.3 Å². The Balaban J connectivity index is 2.56. The van der Waals surface area contributed by atoms with Crippen molar-refractivity contribution in [3.05, 3.63) is 29.8 Å². The van der Waals surface area contributed by atoms with Crippen molar-refractivity contribution < 1.29 is 4.99 Å². The zero-order valence-electron chi connectivity index (χ0n) is 8.41. The number of fused-ring (bicyclic) bond motifs is 1. The largest absolute Gasteiger partial charge is 0.323 e. The fourth-order valence-corrected chi connectivity index (χ4v) is 1.85. The van der Waals surface area contributed by atoms with Crippen molar-refractivity contribution in [2.75, 3.05) is 0 Å². The van der Waals surface area contributed by atoms with Crippen LogP contribution < -0.4 is 10.8 Å². The van der Waals surface area contributed by atoms with Gasteiger partial charge in [0, 0.05) is 11.6 Å². The molecule has 1 heterocycles. The number of hydrogen-bond acceptors (Lipinski definition) is 2. The predicted octanol–water partition coefficient (Wildman–Crippen LogP) is 0.0754. The Labute approximate surface area is 83.4 Å². The van der Waals surface area contributed by atoms with Crippen LogP contribution in [-0.2, 0) is 5.41 Å². The van der Waals surface area contributed by atoms with Crippen LogP contribution in [0.2, 0.25) is 0 Å². The summed E-state index contributed by atoms with van der Waals surface area (Å²) in [6.07, 6.45) is 1.68. The molecule has 0 spiro atoms. The Kier molecular flexibility index (Phi) is 1.88. The summed E-state index contributed by atoms with van der Waals surface area (Å²) < 4.78 is 0. The van der Waals surface area contributed by atoms with Crippen molar-refractivity contribution in [3.8, 4) is 0 Å². The number of para-hydroxylation sites is 1. The number of nitrogens with two attached hydrogens (primary N) is 1. The highest BCUT2D eigenvalue weighted by Gasteiger charge is 2.39. The molecule has 3 heteroatoms. The molecule has 0 aliphatic carbocycles. The second kappa shape index (κ2) is 2.94. The average molecular weight is 188 g/mol. The normalized spacial score (nSPS) is 18.3. The smallest absolute Gasteiger partial charge is 0.210 e. The van der Waals surface area contributed by atoms with Gasteiger partial charge in [-0.25, -0.2) is 4.99 Å². The SMILES string of the molecule is CC1(C)C(/C=N/N)=[NH+]c2ccccc21. The molecule has 1 aromatic carbocycles. The molecule has 0 atom stereocenters. The molecule has 14 heavy (non-hydrogen) atoms. The highest BCUT2D eigenvalue weighted by molar-refractivity contribution is 6.32. The lowest BCUT2D eigenvalue weighted by molar-refractivity contribution is -0.348. The van der Waals surface area contributed by atoms with Crippen molar-refractivity contribution in [3.63, 3.8) is 0 Å². The summed E-state index contributed by atoms with van der Waals surface area (Å²) in [4.78, 5) is 3.31. The summed E-state index contributed by atoms with van der Waals surface area (Å²) in [5.41, 5.74) is 3.45. The third kappa shape index (κ3) is 1.13. The van der Waals surface area contributed by atoms with Crippen molar-refractivity contribution in [1.29, 1.82) is 0 Å². The van der Waals surface area contributed by atoms with Gasteiger partial charge in [0.25, 0.3) is 0 Å². The molecule has 72 valence electrons. The van der Waals surface area contributed by atoms with E-state index in [-0.39, 0.29) is 5.41 Å². The first-order valence-corrected chi connectivity index (χ1v) is 4.63. The second-order valence-electron chi connectivity index (χ2n) is 3.99. The van der Waals surface area contributed by atoms with Gasteiger partial charge < -0.3 is 5.84 Å². The molecule has 0 bridgehead atoms. The minimum absolute atomic E-state index is 0.0283. The quantitative estimate of drug-likeness (QED) is 0.366. The standard InChI is InChI=1S/C11H13N3/c1-11(2)8-5-3-4-6-9(8)14-10(11)7-13-12/h3-7H,12H2,1-2H3/p+1/b13-7+. The van der Waals surface area contributed by atoms with E-state index in [9.17, 15) is 0 Å². The molecule has 0 fully saturated rings. The zero-order valence-corrected chi connectivity index (χ0v) is 8.41. The lowest BCUT2D eigenvalue weighted by Gasteiger charge is -2.14. The van der Waals surface area contributed by atoms with Crippen LogP contribution in [0.25, 0.3) is 0 Å². The predicted molar refractivity (Wildman–Crippen MR) is 57.8 cm³/mol. The highest BCUT2D eigenvalue weighted by Crippen LogP contribution is 2.30. The number of hydrazone groups is 1. The van der Waals surface area contributed by atoms with Gasteiger partial charge in [-0.3, -0.25) is 0 Å². The first-order valence-electron chi connectivity index (χ1n) is 4.63. The molecule has 0 aromatic heterocycles. The van der Waals surface area contributed by atoms with Gasteiger partial charge in [0.1, 0.15) is 6.21 Å². The molecule has 0 amide bonds. The summed E-state index contributed by atoms with van der Waals surface area (Å²) in [7, 11) is 0. The number of benzene rings is 1. The molecule has 0 saturated carbocycles. The summed E-state index contributed by atoms with van der Waals surface area (Å²) in [5, 5.41) is 3.57. The topological polar surface area (TPSA) is 52.3 Å². The van der Waals surface area contributed by atoms with E-state index in [1.165, 1.54) is 5.56 Å². The Morgan fingerprint density at radius 1 is 1.36 bits per heavy atom. The van der Waals surface area contributed by atoms with Gasteiger partial charge >= 0.3 is 0 Å². The van der Waals surface area contributed by atoms with E-state index in [0.717, 1.165) is 11.4 Å². The van der Waals surface area contributed by atoms with Gasteiger partial charge in [-0.2, -0.15) is 5.10 Å². The summed E-state index contributed by atoms with van der Waals surface area (Å²) in [5.74, 6) is 5.17. The molecule has 3 nitrogen and oxygen atoms in total. The summed E-state index contributed by atoms with van der Waals surface area (Å²) in [6.45, 7) is 4.31. The minimum Gasteiger partial charge on any atom is -0.323 e. The monoisotopic (exact) mass is 188 g/mol. The molecular weight excluding hydrogens is 174 g/mol. The third-order valence-electron chi connectivity index (χ3n) is 2.75. The summed E-state index contributed by atoms with van der Waals surface area (Å²) >= 11 is 0. The lowest BCUT2D eigenvalue weighted by atomic mass is 9.82. The molecule has 1 aromatic rings. The van der Waals surface area contributed by atoms with E-state index in [1.54, 1.807) is 6.21 Å². The molecule has 2 rings (SSSR count). The Morgan fingerprint density at radius 3 is 2.71 bits per heavy atom. The van der Waals surface area contributed by atoms with Gasteiger partial charge in [0.05, 0.1) is 5.41 Å². The number of hydrogen-bond donors (Lipinski definition) is 2. The lowest BCUT2D eigenvalue weighted by Crippen LogP contribution is -2.66. The zero-order chi connectivity index (χ0) is 10.2. The van der Waals surface area contributed by atoms with Gasteiger partial charge in [0.15, 0.2) is 0 Å². The van der Waals surface area contributed by atoms with E-state index >= 15 is 0 Å². The van der Waals surface area contributed by atoms with Crippen LogP contribution in [0.4, 0.5) is 5.69 Å². The number of nitrogens with zero attached hydrogens (tertiary/aromatic N) is 1. The van der Waals surface area contributed by atoms with Gasteiger partial charge in [0.2, 0.25) is 11.4 Å². The van der Waals surface area contributed by atoms with Crippen LogP contribution in [0.15, 0.2) is 29.4 Å². The maximum Gasteiger partial charge on any atom is 0.210 e. The Morgan fingerprint density at radius 2 is 2.07 bits per heavy atom. The molecule has 1 aliphatic heterocycles. The second-order valence-corrected chi connectivity index (χ2v) is 3.99. The maximum absolute atomic E-state index is 5.17. The molecule has 1 aliphatic rings. The maximum atomic E-state index is 5.17. The highest BCUT2D eigenvalue weighted by atomic mass is 15.1. The molecule has 0 unspecified atom stereocenters. The Hall–Kier alpha value is -1.64. The Bertz CT molecular complexity index is 416. The average Bonchev–Trinajstić information content (AvgIpc) is 2.41. The van der Waals surface area contributed by atoms with Gasteiger partial charge in [-0.05, 0) is 13.8 Å².